The number of fused-ring (bicyclic) bond motifs is 2. The van der Waals surface area contributed by atoms with Gasteiger partial charge in [0.1, 0.15) is 23.0 Å². The average Bonchev–Trinajstić information content (AvgIpc) is 2.96. The van der Waals surface area contributed by atoms with E-state index in [0.29, 0.717) is 68.5 Å². The molecule has 7 heteroatoms. The van der Waals surface area contributed by atoms with Gasteiger partial charge in [-0.1, -0.05) is 71.8 Å². The molecule has 0 aliphatic heterocycles. The van der Waals surface area contributed by atoms with Gasteiger partial charge in [-0.25, -0.2) is 4.79 Å². The van der Waals surface area contributed by atoms with E-state index in [-0.39, 0.29) is 0 Å². The van der Waals surface area contributed by atoms with E-state index < -0.39 is 18.1 Å². The van der Waals surface area contributed by atoms with Gasteiger partial charge in [0.2, 0.25) is 0 Å². The molecule has 0 amide bonds. The van der Waals surface area contributed by atoms with Gasteiger partial charge in [0.15, 0.2) is 0 Å². The Morgan fingerprint density at radius 3 is 1.14 bits per heavy atom. The van der Waals surface area contributed by atoms with Gasteiger partial charge in [0.05, 0.1) is 0 Å². The first-order valence-corrected chi connectivity index (χ1v) is 14.5. The van der Waals surface area contributed by atoms with Crippen molar-refractivity contribution in [2.24, 2.45) is 0 Å². The van der Waals surface area contributed by atoms with Gasteiger partial charge >= 0.3 is 18.1 Å². The van der Waals surface area contributed by atoms with Crippen LogP contribution in [0.15, 0.2) is 71.8 Å². The van der Waals surface area contributed by atoms with Crippen LogP contribution in [-0.2, 0) is 22.4 Å². The fraction of sp³-hybridized carbons (Fsp3) is 0.270. The Bertz CT molecular complexity index is 1700. The quantitative estimate of drug-likeness (QED) is 0.0870. The monoisotopic (exact) mass is 594 g/mol. The van der Waals surface area contributed by atoms with Crippen LogP contribution in [0.2, 0.25) is 0 Å². The van der Waals surface area contributed by atoms with E-state index in [9.17, 15) is 14.4 Å². The topological polar surface area (TPSA) is 88.1 Å². The number of carbonyl (C=O) groups is 3. The Hall–Kier alpha value is -4.91. The van der Waals surface area contributed by atoms with Gasteiger partial charge in [-0.15, -0.1) is 0 Å². The van der Waals surface area contributed by atoms with E-state index in [1.54, 1.807) is 0 Å². The van der Waals surface area contributed by atoms with Crippen molar-refractivity contribution in [2.45, 2.75) is 68.2 Å². The smallest absolute Gasteiger partial charge is 0.426 e. The Morgan fingerprint density at radius 1 is 0.523 bits per heavy atom. The molecule has 0 aliphatic carbocycles. The van der Waals surface area contributed by atoms with E-state index in [1.165, 1.54) is 13.8 Å². The van der Waals surface area contributed by atoms with Crippen molar-refractivity contribution in [3.8, 4) is 23.0 Å². The Labute approximate surface area is 258 Å². The molecule has 0 unspecified atom stereocenters. The highest BCUT2D eigenvalue weighted by atomic mass is 16.7. The fourth-order valence-corrected chi connectivity index (χ4v) is 5.18. The lowest BCUT2D eigenvalue weighted by molar-refractivity contribution is -0.132. The summed E-state index contributed by atoms with van der Waals surface area (Å²) in [6.07, 6.45) is 4.08. The molecular formula is C37H38O7. The van der Waals surface area contributed by atoms with E-state index in [1.807, 2.05) is 102 Å². The van der Waals surface area contributed by atoms with Crippen molar-refractivity contribution in [2.75, 3.05) is 0 Å². The minimum atomic E-state index is -0.923. The fourth-order valence-electron chi connectivity index (χ4n) is 5.18. The SMILES string of the molecule is CC(=O)Oc1c(CC=C(C)C)c(C)c(OC(=O)Oc2c(C)c(CC=C(C)C)c(OC(C)=O)c3ccccc23)c2ccccc12. The van der Waals surface area contributed by atoms with Gasteiger partial charge in [0.25, 0.3) is 0 Å². The van der Waals surface area contributed by atoms with Gasteiger partial charge in [-0.2, -0.15) is 0 Å². The summed E-state index contributed by atoms with van der Waals surface area (Å²) in [6, 6.07) is 14.6. The summed E-state index contributed by atoms with van der Waals surface area (Å²) in [5.74, 6) is 0.643. The van der Waals surface area contributed by atoms with Crippen molar-refractivity contribution in [1.82, 2.24) is 0 Å². The van der Waals surface area contributed by atoms with Crippen LogP contribution in [-0.4, -0.2) is 18.1 Å². The van der Waals surface area contributed by atoms with Gasteiger partial charge in [-0.3, -0.25) is 9.59 Å². The van der Waals surface area contributed by atoms with Crippen molar-refractivity contribution < 1.29 is 33.3 Å². The Kier molecular flexibility index (Phi) is 9.89. The highest BCUT2D eigenvalue weighted by Crippen LogP contribution is 2.43. The zero-order valence-corrected chi connectivity index (χ0v) is 26.5. The molecule has 228 valence electrons. The highest BCUT2D eigenvalue weighted by Gasteiger charge is 2.25. The zero-order chi connectivity index (χ0) is 32.1. The van der Waals surface area contributed by atoms with Crippen molar-refractivity contribution in [1.29, 1.82) is 0 Å². The summed E-state index contributed by atoms with van der Waals surface area (Å²) in [5.41, 5.74) is 4.97. The molecule has 0 radical (unpaired) electrons. The largest absolute Gasteiger partial charge is 0.519 e. The lowest BCUT2D eigenvalue weighted by atomic mass is 9.95. The molecule has 0 spiro atoms. The number of hydrogen-bond donors (Lipinski definition) is 0. The van der Waals surface area contributed by atoms with Crippen LogP contribution in [0.4, 0.5) is 4.79 Å². The first-order valence-electron chi connectivity index (χ1n) is 14.5. The minimum absolute atomic E-state index is 0.321. The van der Waals surface area contributed by atoms with Crippen LogP contribution in [0.3, 0.4) is 0 Å². The first kappa shape index (κ1) is 32.0. The predicted molar refractivity (Wildman–Crippen MR) is 173 cm³/mol. The van der Waals surface area contributed by atoms with Gasteiger partial charge in [0, 0.05) is 46.5 Å². The lowest BCUT2D eigenvalue weighted by Crippen LogP contribution is -2.17. The third kappa shape index (κ3) is 7.00. The molecule has 0 fully saturated rings. The second kappa shape index (κ2) is 13.6. The summed E-state index contributed by atoms with van der Waals surface area (Å²) in [5, 5.41) is 2.50. The maximum atomic E-state index is 13.6. The number of carbonyl (C=O) groups excluding carboxylic acids is 3. The second-order valence-electron chi connectivity index (χ2n) is 11.2. The third-order valence-corrected chi connectivity index (χ3v) is 7.26. The normalized spacial score (nSPS) is 10.7. The second-order valence-corrected chi connectivity index (χ2v) is 11.2. The number of hydrogen-bond acceptors (Lipinski definition) is 7. The molecule has 4 aromatic rings. The number of esters is 2. The molecule has 0 N–H and O–H groups in total. The molecule has 4 aromatic carbocycles. The minimum Gasteiger partial charge on any atom is -0.426 e. The van der Waals surface area contributed by atoms with Crippen LogP contribution in [0, 0.1) is 13.8 Å². The third-order valence-electron chi connectivity index (χ3n) is 7.26. The molecule has 0 saturated heterocycles. The molecular weight excluding hydrogens is 556 g/mol. The Morgan fingerprint density at radius 2 is 0.841 bits per heavy atom. The van der Waals surface area contributed by atoms with Gasteiger partial charge in [-0.05, 0) is 65.5 Å². The molecule has 0 bridgehead atoms. The standard InChI is InChI=1S/C37H38O7/c1-21(2)17-19-27-23(5)33(29-13-9-11-15-31(29)35(27)41-25(7)38)43-37(40)44-34-24(6)28(20-18-22(3)4)36(42-26(8)39)32-16-12-10-14-30(32)34/h9-18H,19-20H2,1-8H3. The summed E-state index contributed by atoms with van der Waals surface area (Å²) < 4.78 is 23.4. The van der Waals surface area contributed by atoms with E-state index in [0.717, 1.165) is 22.3 Å². The van der Waals surface area contributed by atoms with Crippen LogP contribution < -0.4 is 18.9 Å². The van der Waals surface area contributed by atoms with Gasteiger partial charge < -0.3 is 18.9 Å². The maximum Gasteiger partial charge on any atom is 0.519 e. The van der Waals surface area contributed by atoms with Crippen molar-refractivity contribution in [3.63, 3.8) is 0 Å². The molecule has 0 aliphatic rings. The molecule has 7 nitrogen and oxygen atoms in total. The molecule has 0 saturated carbocycles. The summed E-state index contributed by atoms with van der Waals surface area (Å²) in [6.45, 7) is 14.3. The summed E-state index contributed by atoms with van der Waals surface area (Å²) >= 11 is 0. The first-order chi connectivity index (χ1) is 20.9. The lowest BCUT2D eigenvalue weighted by Gasteiger charge is -2.20. The van der Waals surface area contributed by atoms with E-state index in [4.69, 9.17) is 18.9 Å². The Balaban J connectivity index is 1.86. The summed E-state index contributed by atoms with van der Waals surface area (Å²) in [4.78, 5) is 37.8. The highest BCUT2D eigenvalue weighted by molar-refractivity contribution is 6.00. The average molecular weight is 595 g/mol. The number of benzene rings is 4. The molecule has 0 atom stereocenters. The molecule has 0 heterocycles. The van der Waals surface area contributed by atoms with Crippen LogP contribution in [0.25, 0.3) is 21.5 Å². The number of allylic oxidation sites excluding steroid dienone is 4. The van der Waals surface area contributed by atoms with Crippen LogP contribution in [0.1, 0.15) is 63.8 Å². The zero-order valence-electron chi connectivity index (χ0n) is 26.5. The molecule has 44 heavy (non-hydrogen) atoms. The maximum absolute atomic E-state index is 13.6. The van der Waals surface area contributed by atoms with Crippen LogP contribution >= 0.6 is 0 Å². The van der Waals surface area contributed by atoms with Crippen molar-refractivity contribution >= 4 is 39.6 Å². The van der Waals surface area contributed by atoms with Crippen molar-refractivity contribution in [3.05, 3.63) is 94.1 Å². The predicted octanol–water partition coefficient (Wildman–Crippen LogP) is 9.06. The summed E-state index contributed by atoms with van der Waals surface area (Å²) in [7, 11) is 0. The molecule has 4 rings (SSSR count). The van der Waals surface area contributed by atoms with Crippen LogP contribution in [0.5, 0.6) is 23.0 Å². The van der Waals surface area contributed by atoms with E-state index >= 15 is 0 Å². The molecule has 0 aromatic heterocycles. The number of rotatable bonds is 8. The van der Waals surface area contributed by atoms with E-state index in [2.05, 4.69) is 0 Å². The number of ether oxygens (including phenoxy) is 4.